The van der Waals surface area contributed by atoms with E-state index in [1.807, 2.05) is 35.7 Å². The first kappa shape index (κ1) is 16.2. The van der Waals surface area contributed by atoms with Crippen molar-refractivity contribution in [1.82, 2.24) is 20.1 Å². The number of hydrogen-bond donors (Lipinski definition) is 2. The Bertz CT molecular complexity index is 924. The lowest BCUT2D eigenvalue weighted by Crippen LogP contribution is -2.51. The van der Waals surface area contributed by atoms with Gasteiger partial charge in [-0.2, -0.15) is 5.10 Å². The summed E-state index contributed by atoms with van der Waals surface area (Å²) in [6.45, 7) is 0.164. The van der Waals surface area contributed by atoms with Crippen LogP contribution < -0.4 is 5.32 Å². The predicted octanol–water partition coefficient (Wildman–Crippen LogP) is 3.86. The summed E-state index contributed by atoms with van der Waals surface area (Å²) < 4.78 is 2.22. The molecule has 5 nitrogen and oxygen atoms in total. The summed E-state index contributed by atoms with van der Waals surface area (Å²) in [7, 11) is 0. The molecule has 1 saturated carbocycles. The topological polar surface area (TPSA) is 62.7 Å². The van der Waals surface area contributed by atoms with E-state index >= 15 is 0 Å². The molecule has 0 spiro atoms. The quantitative estimate of drug-likeness (QED) is 0.670. The number of thiophene rings is 1. The minimum absolute atomic E-state index is 0.0427. The van der Waals surface area contributed by atoms with E-state index in [-0.39, 0.29) is 18.0 Å². The molecule has 4 rings (SSSR count). The highest BCUT2D eigenvalue weighted by atomic mass is 32.1. The Morgan fingerprint density at radius 3 is 2.72 bits per heavy atom. The fourth-order valence-electron chi connectivity index (χ4n) is 3.28. The van der Waals surface area contributed by atoms with Crippen molar-refractivity contribution in [2.24, 2.45) is 0 Å². The Labute approximate surface area is 154 Å². The SMILES string of the molecule is O=C(Cn1c(-c2cccs2)n[nH]c1=S)NC1(c2ccccc2)CCC1. The maximum absolute atomic E-state index is 12.7. The summed E-state index contributed by atoms with van der Waals surface area (Å²) in [4.78, 5) is 13.7. The molecule has 1 aliphatic carbocycles. The molecule has 7 heteroatoms. The van der Waals surface area contributed by atoms with Crippen LogP contribution in [0, 0.1) is 4.77 Å². The highest BCUT2D eigenvalue weighted by molar-refractivity contribution is 7.71. The van der Waals surface area contributed by atoms with Crippen molar-refractivity contribution in [3.8, 4) is 10.7 Å². The zero-order valence-corrected chi connectivity index (χ0v) is 15.2. The molecule has 0 aliphatic heterocycles. The number of hydrogen-bond acceptors (Lipinski definition) is 4. The lowest BCUT2D eigenvalue weighted by Gasteiger charge is -2.43. The number of carbonyl (C=O) groups is 1. The van der Waals surface area contributed by atoms with Crippen LogP contribution in [-0.2, 0) is 16.9 Å². The van der Waals surface area contributed by atoms with E-state index in [0.29, 0.717) is 10.6 Å². The van der Waals surface area contributed by atoms with Crippen molar-refractivity contribution >= 4 is 29.5 Å². The maximum atomic E-state index is 12.7. The van der Waals surface area contributed by atoms with Crippen LogP contribution in [0.4, 0.5) is 0 Å². The predicted molar refractivity (Wildman–Crippen MR) is 101 cm³/mol. The van der Waals surface area contributed by atoms with Crippen molar-refractivity contribution in [2.75, 3.05) is 0 Å². The molecule has 2 N–H and O–H groups in total. The van der Waals surface area contributed by atoms with E-state index in [1.165, 1.54) is 5.56 Å². The van der Waals surface area contributed by atoms with Crippen LogP contribution in [0.25, 0.3) is 10.7 Å². The number of rotatable bonds is 5. The summed E-state index contributed by atoms with van der Waals surface area (Å²) in [6, 6.07) is 14.1. The van der Waals surface area contributed by atoms with Crippen LogP contribution >= 0.6 is 23.6 Å². The molecule has 2 aromatic heterocycles. The third-order valence-corrected chi connectivity index (χ3v) is 5.89. The number of nitrogens with zero attached hydrogens (tertiary/aromatic N) is 2. The number of amides is 1. The molecule has 1 amide bonds. The van der Waals surface area contributed by atoms with Crippen LogP contribution in [0.15, 0.2) is 47.8 Å². The van der Waals surface area contributed by atoms with E-state index in [1.54, 1.807) is 15.9 Å². The highest BCUT2D eigenvalue weighted by Gasteiger charge is 2.39. The van der Waals surface area contributed by atoms with E-state index in [2.05, 4.69) is 27.6 Å². The maximum Gasteiger partial charge on any atom is 0.240 e. The van der Waals surface area contributed by atoms with Gasteiger partial charge < -0.3 is 5.32 Å². The number of nitrogens with one attached hydrogen (secondary N) is 2. The Morgan fingerprint density at radius 2 is 2.08 bits per heavy atom. The lowest BCUT2D eigenvalue weighted by atomic mass is 9.72. The fraction of sp³-hybridized carbons (Fsp3) is 0.278. The second-order valence-electron chi connectivity index (χ2n) is 6.27. The van der Waals surface area contributed by atoms with E-state index < -0.39 is 0 Å². The third-order valence-electron chi connectivity index (χ3n) is 4.71. The summed E-state index contributed by atoms with van der Waals surface area (Å²) >= 11 is 6.89. The van der Waals surface area contributed by atoms with Crippen LogP contribution in [-0.4, -0.2) is 20.7 Å². The monoisotopic (exact) mass is 370 g/mol. The average molecular weight is 371 g/mol. The minimum Gasteiger partial charge on any atom is -0.345 e. The number of benzene rings is 1. The molecule has 3 aromatic rings. The van der Waals surface area contributed by atoms with Crippen LogP contribution in [0.3, 0.4) is 0 Å². The van der Waals surface area contributed by atoms with Crippen molar-refractivity contribution < 1.29 is 4.79 Å². The Kier molecular flexibility index (Phi) is 4.27. The summed E-state index contributed by atoms with van der Waals surface area (Å²) in [5.74, 6) is 0.663. The minimum atomic E-state index is -0.243. The van der Waals surface area contributed by atoms with Crippen molar-refractivity contribution in [3.63, 3.8) is 0 Å². The normalized spacial score (nSPS) is 15.5. The second kappa shape index (κ2) is 6.57. The highest BCUT2D eigenvalue weighted by Crippen LogP contribution is 2.41. The van der Waals surface area contributed by atoms with E-state index in [9.17, 15) is 4.79 Å². The van der Waals surface area contributed by atoms with Crippen LogP contribution in [0.1, 0.15) is 24.8 Å². The third kappa shape index (κ3) is 3.05. The number of aromatic amines is 1. The molecule has 0 saturated heterocycles. The van der Waals surface area contributed by atoms with Crippen molar-refractivity contribution in [1.29, 1.82) is 0 Å². The van der Waals surface area contributed by atoms with E-state index in [0.717, 1.165) is 24.1 Å². The fourth-order valence-corrected chi connectivity index (χ4v) is 4.20. The molecule has 1 aliphatic rings. The molecule has 25 heavy (non-hydrogen) atoms. The smallest absolute Gasteiger partial charge is 0.240 e. The number of H-pyrrole nitrogens is 1. The Morgan fingerprint density at radius 1 is 1.28 bits per heavy atom. The summed E-state index contributed by atoms with van der Waals surface area (Å²) in [5.41, 5.74) is 0.928. The van der Waals surface area contributed by atoms with E-state index in [4.69, 9.17) is 12.2 Å². The Hall–Kier alpha value is -2.25. The Balaban J connectivity index is 1.56. The van der Waals surface area contributed by atoms with Gasteiger partial charge in [0.05, 0.1) is 10.4 Å². The van der Waals surface area contributed by atoms with Gasteiger partial charge in [0, 0.05) is 0 Å². The van der Waals surface area contributed by atoms with Crippen LogP contribution in [0.2, 0.25) is 0 Å². The average Bonchev–Trinajstić information content (AvgIpc) is 3.23. The van der Waals surface area contributed by atoms with Gasteiger partial charge >= 0.3 is 0 Å². The standard InChI is InChI=1S/C18H18N4OS2/c23-15(19-18(9-5-10-18)13-6-2-1-3-7-13)12-22-16(20-21-17(22)24)14-8-4-11-25-14/h1-4,6-8,11H,5,9-10,12H2,(H,19,23)(H,21,24). The summed E-state index contributed by atoms with van der Waals surface area (Å²) in [5, 5.41) is 12.3. The van der Waals surface area contributed by atoms with Gasteiger partial charge in [-0.1, -0.05) is 36.4 Å². The molecular weight excluding hydrogens is 352 g/mol. The van der Waals surface area contributed by atoms with Gasteiger partial charge in [-0.05, 0) is 48.5 Å². The van der Waals surface area contributed by atoms with Gasteiger partial charge in [0.1, 0.15) is 6.54 Å². The first-order valence-corrected chi connectivity index (χ1v) is 9.52. The van der Waals surface area contributed by atoms with Crippen molar-refractivity contribution in [2.45, 2.75) is 31.3 Å². The molecule has 1 fully saturated rings. The van der Waals surface area contributed by atoms with Gasteiger partial charge in [0.15, 0.2) is 10.6 Å². The molecule has 1 aromatic carbocycles. The first-order chi connectivity index (χ1) is 12.2. The molecule has 0 unspecified atom stereocenters. The number of carbonyl (C=O) groups excluding carboxylic acids is 1. The molecule has 2 heterocycles. The molecule has 0 radical (unpaired) electrons. The zero-order chi connectivity index (χ0) is 17.3. The van der Waals surface area contributed by atoms with Gasteiger partial charge in [0.2, 0.25) is 5.91 Å². The van der Waals surface area contributed by atoms with Gasteiger partial charge in [-0.15, -0.1) is 11.3 Å². The molecule has 0 atom stereocenters. The first-order valence-electron chi connectivity index (χ1n) is 8.24. The zero-order valence-electron chi connectivity index (χ0n) is 13.6. The van der Waals surface area contributed by atoms with Gasteiger partial charge in [-0.25, -0.2) is 0 Å². The molecular formula is C18H18N4OS2. The number of aromatic nitrogens is 3. The second-order valence-corrected chi connectivity index (χ2v) is 7.60. The molecule has 0 bridgehead atoms. The molecule has 128 valence electrons. The van der Waals surface area contributed by atoms with Gasteiger partial charge in [-0.3, -0.25) is 14.5 Å². The van der Waals surface area contributed by atoms with Gasteiger partial charge in [0.25, 0.3) is 0 Å². The largest absolute Gasteiger partial charge is 0.345 e. The van der Waals surface area contributed by atoms with Crippen LogP contribution in [0.5, 0.6) is 0 Å². The van der Waals surface area contributed by atoms with Crippen molar-refractivity contribution in [3.05, 3.63) is 58.2 Å². The lowest BCUT2D eigenvalue weighted by molar-refractivity contribution is -0.125. The summed E-state index contributed by atoms with van der Waals surface area (Å²) in [6.07, 6.45) is 3.06.